The highest BCUT2D eigenvalue weighted by Gasteiger charge is 1.96. The Morgan fingerprint density at radius 1 is 1.70 bits per heavy atom. The molecule has 0 spiro atoms. The highest BCUT2D eigenvalue weighted by molar-refractivity contribution is 5.06. The Morgan fingerprint density at radius 3 is 2.70 bits per heavy atom. The van der Waals surface area contributed by atoms with Gasteiger partial charge in [-0.05, 0) is 25.0 Å². The zero-order chi connectivity index (χ0) is 7.98. The summed E-state index contributed by atoms with van der Waals surface area (Å²) in [7, 11) is 0. The minimum absolute atomic E-state index is 0.132. The van der Waals surface area contributed by atoms with Gasteiger partial charge in [-0.1, -0.05) is 13.5 Å². The van der Waals surface area contributed by atoms with Gasteiger partial charge in [-0.2, -0.15) is 0 Å². The van der Waals surface area contributed by atoms with Gasteiger partial charge in [0.1, 0.15) is 5.76 Å². The van der Waals surface area contributed by atoms with Crippen molar-refractivity contribution >= 4 is 0 Å². The topological polar surface area (TPSA) is 40.5 Å². The van der Waals surface area contributed by atoms with Crippen LogP contribution in [0, 0.1) is 0 Å². The van der Waals surface area contributed by atoms with Crippen molar-refractivity contribution in [3.63, 3.8) is 0 Å². The third-order valence-electron chi connectivity index (χ3n) is 1.28. The summed E-state index contributed by atoms with van der Waals surface area (Å²) in [6, 6.07) is 0. The number of aliphatic hydroxyl groups excluding tert-OH is 2. The maximum absolute atomic E-state index is 9.01. The predicted molar refractivity (Wildman–Crippen MR) is 41.8 cm³/mol. The Morgan fingerprint density at radius 2 is 2.30 bits per heavy atom. The molecular weight excluding hydrogens is 128 g/mol. The molecule has 0 aliphatic rings. The highest BCUT2D eigenvalue weighted by atomic mass is 16.3. The van der Waals surface area contributed by atoms with Crippen LogP contribution in [-0.2, 0) is 0 Å². The van der Waals surface area contributed by atoms with Gasteiger partial charge in [0.2, 0.25) is 0 Å². The molecule has 0 saturated carbocycles. The molecule has 0 fully saturated rings. The van der Waals surface area contributed by atoms with Gasteiger partial charge in [-0.15, -0.1) is 0 Å². The van der Waals surface area contributed by atoms with Crippen LogP contribution in [0.1, 0.15) is 19.8 Å². The molecule has 0 aliphatic carbocycles. The molecule has 1 unspecified atom stereocenters. The first kappa shape index (κ1) is 9.24. The molecular formula is C8H14O2. The van der Waals surface area contributed by atoms with Gasteiger partial charge in [0.15, 0.2) is 0 Å². The molecule has 2 N–H and O–H groups in total. The molecule has 0 radical (unpaired) electrons. The largest absolute Gasteiger partial charge is 0.508 e. The number of allylic oxidation sites excluding steroid dienone is 1. The van der Waals surface area contributed by atoms with Crippen molar-refractivity contribution in [2.75, 3.05) is 0 Å². The number of hydrogen-bond donors (Lipinski definition) is 2. The van der Waals surface area contributed by atoms with Crippen LogP contribution >= 0.6 is 0 Å². The average molecular weight is 142 g/mol. The third-order valence-corrected chi connectivity index (χ3v) is 1.28. The minimum atomic E-state index is -0.345. The van der Waals surface area contributed by atoms with Crippen LogP contribution in [0.5, 0.6) is 0 Å². The van der Waals surface area contributed by atoms with Crippen molar-refractivity contribution in [2.45, 2.75) is 25.9 Å². The van der Waals surface area contributed by atoms with Crippen molar-refractivity contribution < 1.29 is 10.2 Å². The summed E-state index contributed by atoms with van der Waals surface area (Å²) in [6.45, 7) is 5.26. The summed E-state index contributed by atoms with van der Waals surface area (Å²) in [5, 5.41) is 17.8. The number of hydrogen-bond acceptors (Lipinski definition) is 2. The number of aliphatic hydroxyl groups is 2. The standard InChI is InChI=1S/C8H14O2/c1-3-7(9)5-6-8(10)4-2/h3,5,8-10H,1,4,6H2,2H3. The van der Waals surface area contributed by atoms with Crippen LogP contribution in [0.25, 0.3) is 0 Å². The summed E-state index contributed by atoms with van der Waals surface area (Å²) in [4.78, 5) is 0. The van der Waals surface area contributed by atoms with E-state index in [1.54, 1.807) is 6.08 Å². The second-order valence-corrected chi connectivity index (χ2v) is 2.13. The van der Waals surface area contributed by atoms with Crippen molar-refractivity contribution in [1.29, 1.82) is 0 Å². The first-order chi connectivity index (χ1) is 4.70. The molecule has 58 valence electrons. The zero-order valence-electron chi connectivity index (χ0n) is 6.25. The summed E-state index contributed by atoms with van der Waals surface area (Å²) in [5.74, 6) is 0.132. The van der Waals surface area contributed by atoms with Crippen LogP contribution < -0.4 is 0 Å². The molecule has 2 nitrogen and oxygen atoms in total. The van der Waals surface area contributed by atoms with E-state index in [1.165, 1.54) is 6.08 Å². The van der Waals surface area contributed by atoms with Crippen LogP contribution in [-0.4, -0.2) is 16.3 Å². The molecule has 0 rings (SSSR count). The summed E-state index contributed by atoms with van der Waals surface area (Å²) in [6.07, 6.45) is 3.76. The quantitative estimate of drug-likeness (QED) is 0.464. The number of rotatable bonds is 4. The average Bonchev–Trinajstić information content (AvgIpc) is 1.99. The van der Waals surface area contributed by atoms with Crippen LogP contribution in [0.15, 0.2) is 24.5 Å². The molecule has 0 aromatic carbocycles. The molecule has 0 aromatic rings. The second kappa shape index (κ2) is 5.06. The van der Waals surface area contributed by atoms with Crippen molar-refractivity contribution in [1.82, 2.24) is 0 Å². The fraction of sp³-hybridized carbons (Fsp3) is 0.500. The molecule has 10 heavy (non-hydrogen) atoms. The zero-order valence-corrected chi connectivity index (χ0v) is 6.25. The van der Waals surface area contributed by atoms with Crippen LogP contribution in [0.3, 0.4) is 0 Å². The maximum atomic E-state index is 9.01. The van der Waals surface area contributed by atoms with Crippen molar-refractivity contribution in [3.8, 4) is 0 Å². The third kappa shape index (κ3) is 4.15. The predicted octanol–water partition coefficient (Wildman–Crippen LogP) is 1.78. The van der Waals surface area contributed by atoms with Gasteiger partial charge >= 0.3 is 0 Å². The molecule has 0 aliphatic heterocycles. The minimum Gasteiger partial charge on any atom is -0.508 e. The molecule has 0 bridgehead atoms. The molecule has 0 aromatic heterocycles. The fourth-order valence-electron chi connectivity index (χ4n) is 0.507. The van der Waals surface area contributed by atoms with Gasteiger partial charge in [0.05, 0.1) is 6.10 Å². The van der Waals surface area contributed by atoms with Gasteiger partial charge in [-0.25, -0.2) is 0 Å². The maximum Gasteiger partial charge on any atom is 0.111 e. The lowest BCUT2D eigenvalue weighted by Gasteiger charge is -2.01. The van der Waals surface area contributed by atoms with E-state index in [0.717, 1.165) is 0 Å². The molecule has 0 heterocycles. The Labute approximate surface area is 61.5 Å². The van der Waals surface area contributed by atoms with Crippen molar-refractivity contribution in [3.05, 3.63) is 24.5 Å². The fourth-order valence-corrected chi connectivity index (χ4v) is 0.507. The smallest absolute Gasteiger partial charge is 0.111 e. The lowest BCUT2D eigenvalue weighted by Crippen LogP contribution is -2.01. The van der Waals surface area contributed by atoms with E-state index in [4.69, 9.17) is 10.2 Å². The van der Waals surface area contributed by atoms with Gasteiger partial charge < -0.3 is 10.2 Å². The molecule has 1 atom stereocenters. The first-order valence-electron chi connectivity index (χ1n) is 3.40. The summed E-state index contributed by atoms with van der Waals surface area (Å²) in [5.41, 5.74) is 0. The SMILES string of the molecule is C=CC(O)=CCC(O)CC. The molecule has 0 saturated heterocycles. The lowest BCUT2D eigenvalue weighted by molar-refractivity contribution is 0.172. The van der Waals surface area contributed by atoms with Crippen LogP contribution in [0.4, 0.5) is 0 Å². The van der Waals surface area contributed by atoms with E-state index in [9.17, 15) is 0 Å². The van der Waals surface area contributed by atoms with Crippen molar-refractivity contribution in [2.24, 2.45) is 0 Å². The monoisotopic (exact) mass is 142 g/mol. The van der Waals surface area contributed by atoms with E-state index >= 15 is 0 Å². The van der Waals surface area contributed by atoms with Crippen LogP contribution in [0.2, 0.25) is 0 Å². The Balaban J connectivity index is 3.60. The highest BCUT2D eigenvalue weighted by Crippen LogP contribution is 2.00. The van der Waals surface area contributed by atoms with E-state index in [0.29, 0.717) is 12.8 Å². The Kier molecular flexibility index (Phi) is 4.67. The van der Waals surface area contributed by atoms with Gasteiger partial charge in [0, 0.05) is 0 Å². The van der Waals surface area contributed by atoms with Gasteiger partial charge in [0.25, 0.3) is 0 Å². The van der Waals surface area contributed by atoms with E-state index in [-0.39, 0.29) is 11.9 Å². The summed E-state index contributed by atoms with van der Waals surface area (Å²) >= 11 is 0. The first-order valence-corrected chi connectivity index (χ1v) is 3.40. The van der Waals surface area contributed by atoms with E-state index in [1.807, 2.05) is 6.92 Å². The molecule has 2 heteroatoms. The lowest BCUT2D eigenvalue weighted by atomic mass is 10.2. The van der Waals surface area contributed by atoms with E-state index in [2.05, 4.69) is 6.58 Å². The molecule has 0 amide bonds. The second-order valence-electron chi connectivity index (χ2n) is 2.13. The van der Waals surface area contributed by atoms with E-state index < -0.39 is 0 Å². The summed E-state index contributed by atoms with van der Waals surface area (Å²) < 4.78 is 0. The van der Waals surface area contributed by atoms with Gasteiger partial charge in [-0.3, -0.25) is 0 Å². The Bertz CT molecular complexity index is 127. The Hall–Kier alpha value is -0.760. The normalized spacial score (nSPS) is 14.8.